The molecule has 3 heteroatoms. The van der Waals surface area contributed by atoms with Crippen LogP contribution in [0.2, 0.25) is 0 Å². The Morgan fingerprint density at radius 2 is 1.02 bits per heavy atom. The molecule has 0 aliphatic carbocycles. The van der Waals surface area contributed by atoms with E-state index in [0.717, 1.165) is 61.1 Å². The Balaban J connectivity index is 1.20. The summed E-state index contributed by atoms with van der Waals surface area (Å²) >= 11 is 0. The van der Waals surface area contributed by atoms with Crippen LogP contribution in [0, 0.1) is 0 Å². The first-order valence-corrected chi connectivity index (χ1v) is 16.6. The van der Waals surface area contributed by atoms with Crippen LogP contribution < -0.4 is 0 Å². The number of para-hydroxylation sites is 1. The highest BCUT2D eigenvalue weighted by molar-refractivity contribution is 6.21. The van der Waals surface area contributed by atoms with Crippen LogP contribution in [-0.2, 0) is 0 Å². The lowest BCUT2D eigenvalue weighted by Gasteiger charge is -2.16. The van der Waals surface area contributed by atoms with Gasteiger partial charge in [0.05, 0.1) is 11.4 Å². The fourth-order valence-corrected chi connectivity index (χ4v) is 7.38. The van der Waals surface area contributed by atoms with Crippen molar-refractivity contribution in [2.24, 2.45) is 0 Å². The summed E-state index contributed by atoms with van der Waals surface area (Å²) in [6.45, 7) is 0. The molecule has 49 heavy (non-hydrogen) atoms. The third kappa shape index (κ3) is 4.51. The smallest absolute Gasteiger partial charge is 0.160 e. The fraction of sp³-hybridized carbons (Fsp3) is 0. The molecule has 10 aromatic rings. The summed E-state index contributed by atoms with van der Waals surface area (Å²) in [7, 11) is 0. The maximum Gasteiger partial charge on any atom is 0.160 e. The summed E-state index contributed by atoms with van der Waals surface area (Å²) in [4.78, 5) is 10.5. The second-order valence-corrected chi connectivity index (χ2v) is 12.5. The van der Waals surface area contributed by atoms with Gasteiger partial charge in [0.25, 0.3) is 0 Å². The van der Waals surface area contributed by atoms with Crippen molar-refractivity contribution in [1.82, 2.24) is 9.97 Å². The van der Waals surface area contributed by atoms with Crippen molar-refractivity contribution in [2.45, 2.75) is 0 Å². The van der Waals surface area contributed by atoms with Gasteiger partial charge in [-0.1, -0.05) is 146 Å². The number of nitrogens with zero attached hydrogens (tertiary/aromatic N) is 2. The van der Waals surface area contributed by atoms with Crippen LogP contribution in [0.15, 0.2) is 174 Å². The summed E-state index contributed by atoms with van der Waals surface area (Å²) in [6.07, 6.45) is 0. The maximum atomic E-state index is 6.19. The van der Waals surface area contributed by atoms with Crippen molar-refractivity contribution in [3.05, 3.63) is 170 Å². The van der Waals surface area contributed by atoms with Gasteiger partial charge in [-0.2, -0.15) is 0 Å². The van der Waals surface area contributed by atoms with Crippen LogP contribution >= 0.6 is 0 Å². The normalized spacial score (nSPS) is 11.7. The van der Waals surface area contributed by atoms with E-state index in [9.17, 15) is 0 Å². The molecule has 0 radical (unpaired) electrons. The molecule has 0 fully saturated rings. The number of fused-ring (bicyclic) bond motifs is 7. The van der Waals surface area contributed by atoms with Crippen molar-refractivity contribution >= 4 is 54.3 Å². The number of hydrogen-bond donors (Lipinski definition) is 0. The van der Waals surface area contributed by atoms with Crippen molar-refractivity contribution in [2.75, 3.05) is 0 Å². The molecule has 228 valence electrons. The van der Waals surface area contributed by atoms with Crippen molar-refractivity contribution in [1.29, 1.82) is 0 Å². The third-order valence-corrected chi connectivity index (χ3v) is 9.66. The predicted molar refractivity (Wildman–Crippen MR) is 204 cm³/mol. The summed E-state index contributed by atoms with van der Waals surface area (Å²) in [5, 5.41) is 9.44. The summed E-state index contributed by atoms with van der Waals surface area (Å²) in [5.74, 6) is 0.702. The van der Waals surface area contributed by atoms with Gasteiger partial charge in [-0.3, -0.25) is 0 Å². The first-order chi connectivity index (χ1) is 24.3. The van der Waals surface area contributed by atoms with Crippen LogP contribution in [0.25, 0.3) is 99.3 Å². The number of benzene rings is 8. The molecule has 2 heterocycles. The fourth-order valence-electron chi connectivity index (χ4n) is 7.38. The van der Waals surface area contributed by atoms with E-state index in [1.54, 1.807) is 0 Å². The minimum Gasteiger partial charge on any atom is -0.456 e. The zero-order chi connectivity index (χ0) is 32.3. The minimum absolute atomic E-state index is 0.702. The van der Waals surface area contributed by atoms with E-state index in [1.165, 1.54) is 32.3 Å². The lowest BCUT2D eigenvalue weighted by Crippen LogP contribution is -1.97. The largest absolute Gasteiger partial charge is 0.456 e. The molecule has 0 N–H and O–H groups in total. The molecule has 0 aliphatic heterocycles. The van der Waals surface area contributed by atoms with Gasteiger partial charge in [-0.15, -0.1) is 0 Å². The molecule has 8 aromatic carbocycles. The van der Waals surface area contributed by atoms with Crippen LogP contribution in [-0.4, -0.2) is 9.97 Å². The first kappa shape index (κ1) is 27.5. The van der Waals surface area contributed by atoms with E-state index in [-0.39, 0.29) is 0 Å². The Kier molecular flexibility index (Phi) is 6.18. The van der Waals surface area contributed by atoms with Gasteiger partial charge in [0.1, 0.15) is 11.2 Å². The van der Waals surface area contributed by atoms with E-state index in [4.69, 9.17) is 14.4 Å². The molecule has 0 saturated heterocycles. The highest BCUT2D eigenvalue weighted by Gasteiger charge is 2.18. The Morgan fingerprint density at radius 3 is 1.88 bits per heavy atom. The third-order valence-electron chi connectivity index (χ3n) is 9.66. The average molecular weight is 625 g/mol. The molecule has 0 spiro atoms. The molecule has 0 atom stereocenters. The van der Waals surface area contributed by atoms with Gasteiger partial charge in [0.2, 0.25) is 0 Å². The molecular formula is C46H28N2O. The molecule has 0 saturated carbocycles. The van der Waals surface area contributed by atoms with E-state index in [2.05, 4.69) is 133 Å². The van der Waals surface area contributed by atoms with Gasteiger partial charge in [-0.05, 0) is 67.7 Å². The van der Waals surface area contributed by atoms with Crippen LogP contribution in [0.4, 0.5) is 0 Å². The maximum absolute atomic E-state index is 6.19. The van der Waals surface area contributed by atoms with Crippen molar-refractivity contribution in [3.8, 4) is 45.0 Å². The standard InChI is InChI=1S/C46H28N2O/c1-2-12-32(13-3-1)46-47-39(31-24-21-30(22-25-31)36-18-10-20-42-44(36)38-17-8-9-19-41(38)49-42)28-40(48-46)45-37-16-7-5-14-33(37)27-34-26-23-29-11-4-6-15-35(29)43(34)45/h1-28H. The second kappa shape index (κ2) is 11.0. The molecule has 0 aliphatic rings. The van der Waals surface area contributed by atoms with Gasteiger partial charge >= 0.3 is 0 Å². The second-order valence-electron chi connectivity index (χ2n) is 12.5. The molecule has 3 nitrogen and oxygen atoms in total. The Hall–Kier alpha value is -6.58. The summed E-state index contributed by atoms with van der Waals surface area (Å²) < 4.78 is 6.19. The van der Waals surface area contributed by atoms with Crippen molar-refractivity contribution < 1.29 is 4.42 Å². The molecular weight excluding hydrogens is 597 g/mol. The monoisotopic (exact) mass is 624 g/mol. The topological polar surface area (TPSA) is 38.9 Å². The lowest BCUT2D eigenvalue weighted by molar-refractivity contribution is 0.669. The Morgan fingerprint density at radius 1 is 0.367 bits per heavy atom. The highest BCUT2D eigenvalue weighted by atomic mass is 16.3. The van der Waals surface area contributed by atoms with Crippen molar-refractivity contribution in [3.63, 3.8) is 0 Å². The van der Waals surface area contributed by atoms with E-state index in [0.29, 0.717) is 5.82 Å². The zero-order valence-corrected chi connectivity index (χ0v) is 26.5. The minimum atomic E-state index is 0.702. The zero-order valence-electron chi connectivity index (χ0n) is 26.5. The Bertz CT molecular complexity index is 2870. The number of hydrogen-bond acceptors (Lipinski definition) is 3. The molecule has 2 aromatic heterocycles. The first-order valence-electron chi connectivity index (χ1n) is 16.6. The van der Waals surface area contributed by atoms with Crippen LogP contribution in [0.1, 0.15) is 0 Å². The van der Waals surface area contributed by atoms with E-state index < -0.39 is 0 Å². The lowest BCUT2D eigenvalue weighted by atomic mass is 9.90. The number of furan rings is 1. The van der Waals surface area contributed by atoms with Gasteiger partial charge in [0, 0.05) is 27.5 Å². The molecule has 0 bridgehead atoms. The Labute approximate surface area is 282 Å². The average Bonchev–Trinajstić information content (AvgIpc) is 3.56. The van der Waals surface area contributed by atoms with E-state index >= 15 is 0 Å². The molecule has 0 unspecified atom stereocenters. The van der Waals surface area contributed by atoms with Gasteiger partial charge in [-0.25, -0.2) is 9.97 Å². The summed E-state index contributed by atoms with van der Waals surface area (Å²) in [5.41, 5.74) is 8.99. The SMILES string of the molecule is c1ccc(-c2nc(-c3ccc(-c4cccc5oc6ccccc6c45)cc3)cc(-c3c4ccccc4cc4ccc5ccccc5c34)n2)cc1. The van der Waals surface area contributed by atoms with Crippen LogP contribution in [0.3, 0.4) is 0 Å². The van der Waals surface area contributed by atoms with Crippen LogP contribution in [0.5, 0.6) is 0 Å². The van der Waals surface area contributed by atoms with Gasteiger partial charge in [0.15, 0.2) is 5.82 Å². The highest BCUT2D eigenvalue weighted by Crippen LogP contribution is 2.42. The quantitative estimate of drug-likeness (QED) is 0.144. The van der Waals surface area contributed by atoms with Gasteiger partial charge < -0.3 is 4.42 Å². The summed E-state index contributed by atoms with van der Waals surface area (Å²) in [6, 6.07) is 59.7. The molecule has 0 amide bonds. The van der Waals surface area contributed by atoms with E-state index in [1.807, 2.05) is 36.4 Å². The number of rotatable bonds is 4. The predicted octanol–water partition coefficient (Wildman–Crippen LogP) is 12.5. The molecule has 10 rings (SSSR count). The number of aromatic nitrogens is 2.